The molecule has 0 aliphatic carbocycles. The molecule has 1 fully saturated rings. The second kappa shape index (κ2) is 8.13. The Kier molecular flexibility index (Phi) is 6.49. The van der Waals surface area contributed by atoms with Crippen LogP contribution in [0.25, 0.3) is 0 Å². The Morgan fingerprint density at radius 3 is 2.70 bits per heavy atom. The van der Waals surface area contributed by atoms with Crippen LogP contribution in [0.5, 0.6) is 0 Å². The van der Waals surface area contributed by atoms with E-state index in [1.807, 2.05) is 0 Å². The maximum absolute atomic E-state index is 3.62. The molecule has 1 heterocycles. The van der Waals surface area contributed by atoms with Crippen LogP contribution in [0, 0.1) is 0 Å². The average Bonchev–Trinajstić information content (AvgIpc) is 2.45. The number of hydrogen-bond acceptors (Lipinski definition) is 3. The van der Waals surface area contributed by atoms with Crippen LogP contribution < -0.4 is 5.32 Å². The lowest BCUT2D eigenvalue weighted by molar-refractivity contribution is 0.152. The quantitative estimate of drug-likeness (QED) is 0.804. The summed E-state index contributed by atoms with van der Waals surface area (Å²) in [5.41, 5.74) is 1.35. The molecule has 1 aliphatic heterocycles. The van der Waals surface area contributed by atoms with Crippen LogP contribution in [-0.2, 0) is 0 Å². The second-order valence-electron chi connectivity index (χ2n) is 5.73. The molecule has 1 saturated heterocycles. The highest BCUT2D eigenvalue weighted by molar-refractivity contribution is 9.10. The zero-order valence-electron chi connectivity index (χ0n) is 12.6. The minimum absolute atomic E-state index is 0.417. The van der Waals surface area contributed by atoms with Gasteiger partial charge in [-0.25, -0.2) is 0 Å². The molecule has 0 amide bonds. The number of rotatable bonds is 6. The van der Waals surface area contributed by atoms with Crippen molar-refractivity contribution < 1.29 is 0 Å². The van der Waals surface area contributed by atoms with Gasteiger partial charge in [0.1, 0.15) is 0 Å². The summed E-state index contributed by atoms with van der Waals surface area (Å²) in [5, 5.41) is 3.62. The molecule has 112 valence electrons. The topological polar surface area (TPSA) is 18.5 Å². The largest absolute Gasteiger partial charge is 0.310 e. The first-order valence-corrected chi connectivity index (χ1v) is 8.34. The smallest absolute Gasteiger partial charge is 0.0292 e. The zero-order chi connectivity index (χ0) is 14.4. The Morgan fingerprint density at radius 2 is 2.00 bits per heavy atom. The van der Waals surface area contributed by atoms with Crippen LogP contribution in [0.2, 0.25) is 0 Å². The molecule has 0 aromatic heterocycles. The first kappa shape index (κ1) is 16.0. The molecule has 1 N–H and O–H groups in total. The maximum Gasteiger partial charge on any atom is 0.0292 e. The molecule has 20 heavy (non-hydrogen) atoms. The molecular formula is C16H26BrN3. The summed E-state index contributed by atoms with van der Waals surface area (Å²) < 4.78 is 1.15. The van der Waals surface area contributed by atoms with Crippen LogP contribution in [0.1, 0.15) is 24.9 Å². The predicted octanol–water partition coefficient (Wildman–Crippen LogP) is 2.74. The van der Waals surface area contributed by atoms with E-state index in [9.17, 15) is 0 Å². The molecule has 1 aromatic carbocycles. The van der Waals surface area contributed by atoms with Crippen molar-refractivity contribution in [3.05, 3.63) is 34.3 Å². The second-order valence-corrected chi connectivity index (χ2v) is 6.64. The van der Waals surface area contributed by atoms with E-state index in [1.54, 1.807) is 0 Å². The summed E-state index contributed by atoms with van der Waals surface area (Å²) in [7, 11) is 2.21. The molecule has 4 heteroatoms. The summed E-state index contributed by atoms with van der Waals surface area (Å²) in [5.74, 6) is 0. The lowest BCUT2D eigenvalue weighted by Gasteiger charge is -2.32. The number of halogens is 1. The SMILES string of the molecule is CC(NCCCN1CCN(C)CC1)c1cccc(Br)c1. The molecule has 1 unspecified atom stereocenters. The average molecular weight is 340 g/mol. The monoisotopic (exact) mass is 339 g/mol. The van der Waals surface area contributed by atoms with E-state index in [0.29, 0.717) is 6.04 Å². The van der Waals surface area contributed by atoms with Gasteiger partial charge in [0, 0.05) is 36.7 Å². The third-order valence-corrected chi connectivity index (χ3v) is 4.54. The van der Waals surface area contributed by atoms with Crippen molar-refractivity contribution in [3.63, 3.8) is 0 Å². The van der Waals surface area contributed by atoms with Crippen LogP contribution in [0.4, 0.5) is 0 Å². The number of nitrogens with one attached hydrogen (secondary N) is 1. The number of piperazine rings is 1. The van der Waals surface area contributed by atoms with Crippen molar-refractivity contribution in [1.82, 2.24) is 15.1 Å². The van der Waals surface area contributed by atoms with Crippen LogP contribution >= 0.6 is 15.9 Å². The number of nitrogens with zero attached hydrogens (tertiary/aromatic N) is 2. The highest BCUT2D eigenvalue weighted by Gasteiger charge is 2.13. The number of hydrogen-bond donors (Lipinski definition) is 1. The Labute approximate surface area is 131 Å². The third kappa shape index (κ3) is 5.17. The standard InChI is InChI=1S/C16H26BrN3/c1-14(15-5-3-6-16(17)13-15)18-7-4-8-20-11-9-19(2)10-12-20/h3,5-6,13-14,18H,4,7-12H2,1-2H3. The molecule has 1 aliphatic rings. The van der Waals surface area contributed by atoms with Gasteiger partial charge in [0.25, 0.3) is 0 Å². The maximum atomic E-state index is 3.62. The molecule has 2 rings (SSSR count). The molecule has 3 nitrogen and oxygen atoms in total. The Bertz CT molecular complexity index is 402. The lowest BCUT2D eigenvalue weighted by atomic mass is 10.1. The fourth-order valence-electron chi connectivity index (χ4n) is 2.59. The molecule has 0 radical (unpaired) electrons. The Balaban J connectivity index is 1.63. The van der Waals surface area contributed by atoms with E-state index < -0.39 is 0 Å². The predicted molar refractivity (Wildman–Crippen MR) is 89.1 cm³/mol. The van der Waals surface area contributed by atoms with E-state index in [2.05, 4.69) is 69.3 Å². The van der Waals surface area contributed by atoms with Crippen LogP contribution in [0.3, 0.4) is 0 Å². The highest BCUT2D eigenvalue weighted by atomic mass is 79.9. The molecule has 0 bridgehead atoms. The Morgan fingerprint density at radius 1 is 1.25 bits per heavy atom. The zero-order valence-corrected chi connectivity index (χ0v) is 14.2. The summed E-state index contributed by atoms with van der Waals surface area (Å²) in [6.45, 7) is 9.39. The van der Waals surface area contributed by atoms with Crippen LogP contribution in [0.15, 0.2) is 28.7 Å². The minimum Gasteiger partial charge on any atom is -0.310 e. The van der Waals surface area contributed by atoms with Crippen LogP contribution in [-0.4, -0.2) is 56.1 Å². The van der Waals surface area contributed by atoms with Gasteiger partial charge in [-0.3, -0.25) is 0 Å². The lowest BCUT2D eigenvalue weighted by Crippen LogP contribution is -2.45. The fraction of sp³-hybridized carbons (Fsp3) is 0.625. The van der Waals surface area contributed by atoms with Crippen molar-refractivity contribution >= 4 is 15.9 Å². The first-order chi connectivity index (χ1) is 9.65. The Hall–Kier alpha value is -0.420. The summed E-state index contributed by atoms with van der Waals surface area (Å²) in [4.78, 5) is 4.98. The van der Waals surface area contributed by atoms with Gasteiger partial charge in [-0.05, 0) is 51.2 Å². The van der Waals surface area contributed by atoms with Crippen molar-refractivity contribution in [2.45, 2.75) is 19.4 Å². The summed E-state index contributed by atoms with van der Waals surface area (Å²) in [6, 6.07) is 8.96. The molecule has 0 spiro atoms. The molecule has 1 atom stereocenters. The highest BCUT2D eigenvalue weighted by Crippen LogP contribution is 2.17. The minimum atomic E-state index is 0.417. The van der Waals surface area contributed by atoms with E-state index in [4.69, 9.17) is 0 Å². The van der Waals surface area contributed by atoms with E-state index in [0.717, 1.165) is 11.0 Å². The number of benzene rings is 1. The van der Waals surface area contributed by atoms with Gasteiger partial charge in [-0.1, -0.05) is 28.1 Å². The van der Waals surface area contributed by atoms with Gasteiger partial charge in [0.2, 0.25) is 0 Å². The van der Waals surface area contributed by atoms with Crippen molar-refractivity contribution in [2.75, 3.05) is 46.3 Å². The normalized spacial score (nSPS) is 19.1. The van der Waals surface area contributed by atoms with Gasteiger partial charge >= 0.3 is 0 Å². The first-order valence-electron chi connectivity index (χ1n) is 7.55. The van der Waals surface area contributed by atoms with Gasteiger partial charge in [-0.15, -0.1) is 0 Å². The van der Waals surface area contributed by atoms with E-state index in [1.165, 1.54) is 44.7 Å². The van der Waals surface area contributed by atoms with E-state index in [-0.39, 0.29) is 0 Å². The summed E-state index contributed by atoms with van der Waals surface area (Å²) >= 11 is 3.53. The summed E-state index contributed by atoms with van der Waals surface area (Å²) in [6.07, 6.45) is 1.22. The molecular weight excluding hydrogens is 314 g/mol. The molecule has 0 saturated carbocycles. The van der Waals surface area contributed by atoms with Crippen molar-refractivity contribution in [2.24, 2.45) is 0 Å². The van der Waals surface area contributed by atoms with Crippen molar-refractivity contribution in [3.8, 4) is 0 Å². The van der Waals surface area contributed by atoms with Gasteiger partial charge in [0.05, 0.1) is 0 Å². The van der Waals surface area contributed by atoms with Gasteiger partial charge in [0.15, 0.2) is 0 Å². The third-order valence-electron chi connectivity index (χ3n) is 4.05. The van der Waals surface area contributed by atoms with E-state index >= 15 is 0 Å². The number of likely N-dealkylation sites (N-methyl/N-ethyl adjacent to an activating group) is 1. The molecule has 1 aromatic rings. The van der Waals surface area contributed by atoms with Gasteiger partial charge in [-0.2, -0.15) is 0 Å². The van der Waals surface area contributed by atoms with Gasteiger partial charge < -0.3 is 15.1 Å². The van der Waals surface area contributed by atoms with Crippen molar-refractivity contribution in [1.29, 1.82) is 0 Å². The fourth-order valence-corrected chi connectivity index (χ4v) is 3.00.